The number of alkyl halides is 3. The predicted octanol–water partition coefficient (Wildman–Crippen LogP) is 4.11. The lowest BCUT2D eigenvalue weighted by Gasteiger charge is -2.37. The van der Waals surface area contributed by atoms with Crippen molar-refractivity contribution in [2.45, 2.75) is 33.0 Å². The van der Waals surface area contributed by atoms with Gasteiger partial charge < -0.3 is 10.2 Å². The lowest BCUT2D eigenvalue weighted by Crippen LogP contribution is -2.54. The van der Waals surface area contributed by atoms with Gasteiger partial charge in [0.1, 0.15) is 0 Å². The maximum Gasteiger partial charge on any atom is 0.417 e. The lowest BCUT2D eigenvalue weighted by atomic mass is 10.1. The first kappa shape index (κ1) is 22.8. The van der Waals surface area contributed by atoms with E-state index in [-0.39, 0.29) is 24.6 Å². The van der Waals surface area contributed by atoms with E-state index in [1.165, 1.54) is 23.1 Å². The summed E-state index contributed by atoms with van der Waals surface area (Å²) in [5.74, 6) is -0.792. The largest absolute Gasteiger partial charge is 0.417 e. The smallest absolute Gasteiger partial charge is 0.336 e. The average Bonchev–Trinajstić information content (AvgIpc) is 2.74. The van der Waals surface area contributed by atoms with Gasteiger partial charge in [-0.2, -0.15) is 13.2 Å². The van der Waals surface area contributed by atoms with Gasteiger partial charge in [0, 0.05) is 31.9 Å². The molecule has 1 heterocycles. The molecule has 8 heteroatoms. The van der Waals surface area contributed by atoms with Gasteiger partial charge in [-0.15, -0.1) is 0 Å². The van der Waals surface area contributed by atoms with Crippen LogP contribution in [-0.4, -0.2) is 53.8 Å². The number of hydrogen-bond donors (Lipinski definition) is 1. The Labute approximate surface area is 179 Å². The van der Waals surface area contributed by atoms with Crippen LogP contribution in [-0.2, 0) is 11.0 Å². The molecule has 0 aromatic heterocycles. The Morgan fingerprint density at radius 1 is 0.935 bits per heavy atom. The summed E-state index contributed by atoms with van der Waals surface area (Å²) in [6, 6.07) is 10.2. The molecule has 1 aliphatic rings. The molecule has 0 aliphatic carbocycles. The van der Waals surface area contributed by atoms with Gasteiger partial charge in [0.15, 0.2) is 0 Å². The van der Waals surface area contributed by atoms with Gasteiger partial charge in [-0.1, -0.05) is 30.3 Å². The molecule has 1 fully saturated rings. The number of benzene rings is 2. The van der Waals surface area contributed by atoms with Crippen molar-refractivity contribution >= 4 is 17.5 Å². The van der Waals surface area contributed by atoms with Crippen LogP contribution in [0.5, 0.6) is 0 Å². The second-order valence-electron chi connectivity index (χ2n) is 7.80. The summed E-state index contributed by atoms with van der Waals surface area (Å²) in [6.45, 7) is 6.97. The number of carbonyl (C=O) groups is 2. The van der Waals surface area contributed by atoms with E-state index in [0.29, 0.717) is 13.1 Å². The fourth-order valence-corrected chi connectivity index (χ4v) is 3.80. The van der Waals surface area contributed by atoms with Crippen LogP contribution in [0.1, 0.15) is 34.0 Å². The normalized spacial score (nSPS) is 16.1. The standard InChI is InChI=1S/C23H26F3N3O2/c1-15-7-6-8-16(2)20(15)27-21(30)17(3)28-11-13-29(14-12-28)22(31)18-9-4-5-10-19(18)23(24,25)26/h4-10,17H,11-14H2,1-3H3,(H,27,30). The predicted molar refractivity (Wildman–Crippen MR) is 113 cm³/mol. The fourth-order valence-electron chi connectivity index (χ4n) is 3.80. The number of aryl methyl sites for hydroxylation is 2. The molecule has 0 spiro atoms. The summed E-state index contributed by atoms with van der Waals surface area (Å²) < 4.78 is 39.7. The molecule has 1 N–H and O–H groups in total. The van der Waals surface area contributed by atoms with Gasteiger partial charge in [0.2, 0.25) is 5.91 Å². The molecule has 5 nitrogen and oxygen atoms in total. The Morgan fingerprint density at radius 3 is 2.10 bits per heavy atom. The minimum absolute atomic E-state index is 0.153. The van der Waals surface area contributed by atoms with E-state index in [9.17, 15) is 22.8 Å². The highest BCUT2D eigenvalue weighted by Gasteiger charge is 2.36. The van der Waals surface area contributed by atoms with Gasteiger partial charge in [-0.25, -0.2) is 0 Å². The molecule has 2 aromatic rings. The molecule has 0 bridgehead atoms. The Kier molecular flexibility index (Phi) is 6.69. The van der Waals surface area contributed by atoms with Crippen molar-refractivity contribution in [3.05, 3.63) is 64.7 Å². The molecule has 1 saturated heterocycles. The summed E-state index contributed by atoms with van der Waals surface area (Å²) in [5.41, 5.74) is 1.46. The highest BCUT2D eigenvalue weighted by molar-refractivity contribution is 5.97. The van der Waals surface area contributed by atoms with E-state index in [0.717, 1.165) is 22.9 Å². The number of para-hydroxylation sites is 1. The zero-order chi connectivity index (χ0) is 22.8. The molecule has 0 saturated carbocycles. The summed E-state index contributed by atoms with van der Waals surface area (Å²) in [5, 5.41) is 2.97. The van der Waals surface area contributed by atoms with Crippen molar-refractivity contribution in [3.8, 4) is 0 Å². The number of anilines is 1. The van der Waals surface area contributed by atoms with Crippen LogP contribution < -0.4 is 5.32 Å². The number of rotatable bonds is 4. The average molecular weight is 433 g/mol. The number of carbonyl (C=O) groups excluding carboxylic acids is 2. The molecule has 2 aromatic carbocycles. The minimum atomic E-state index is -4.59. The molecular formula is C23H26F3N3O2. The van der Waals surface area contributed by atoms with Gasteiger partial charge in [-0.05, 0) is 44.0 Å². The first-order valence-electron chi connectivity index (χ1n) is 10.2. The molecular weight excluding hydrogens is 407 g/mol. The third kappa shape index (κ3) is 5.07. The van der Waals surface area contributed by atoms with Crippen molar-refractivity contribution in [1.82, 2.24) is 9.80 Å². The molecule has 0 radical (unpaired) electrons. The number of nitrogens with zero attached hydrogens (tertiary/aromatic N) is 2. The summed E-state index contributed by atoms with van der Waals surface area (Å²) in [4.78, 5) is 28.8. The quantitative estimate of drug-likeness (QED) is 0.790. The summed E-state index contributed by atoms with van der Waals surface area (Å²) >= 11 is 0. The van der Waals surface area contributed by atoms with Crippen LogP contribution in [0.2, 0.25) is 0 Å². The first-order chi connectivity index (χ1) is 14.6. The van der Waals surface area contributed by atoms with Gasteiger partial charge >= 0.3 is 6.18 Å². The highest BCUT2D eigenvalue weighted by Crippen LogP contribution is 2.32. The maximum absolute atomic E-state index is 13.2. The monoisotopic (exact) mass is 433 g/mol. The van der Waals surface area contributed by atoms with Crippen LogP contribution in [0.15, 0.2) is 42.5 Å². The Bertz CT molecular complexity index is 947. The van der Waals surface area contributed by atoms with Crippen LogP contribution in [0, 0.1) is 13.8 Å². The van der Waals surface area contributed by atoms with E-state index >= 15 is 0 Å². The molecule has 1 unspecified atom stereocenters. The highest BCUT2D eigenvalue weighted by atomic mass is 19.4. The van der Waals surface area contributed by atoms with Crippen LogP contribution in [0.3, 0.4) is 0 Å². The third-order valence-electron chi connectivity index (χ3n) is 5.72. The zero-order valence-corrected chi connectivity index (χ0v) is 17.8. The second-order valence-corrected chi connectivity index (χ2v) is 7.80. The van der Waals surface area contributed by atoms with E-state index in [4.69, 9.17) is 0 Å². The molecule has 1 atom stereocenters. The van der Waals surface area contributed by atoms with Gasteiger partial charge in [-0.3, -0.25) is 14.5 Å². The SMILES string of the molecule is Cc1cccc(C)c1NC(=O)C(C)N1CCN(C(=O)c2ccccc2C(F)(F)F)CC1. The first-order valence-corrected chi connectivity index (χ1v) is 10.2. The molecule has 31 heavy (non-hydrogen) atoms. The van der Waals surface area contributed by atoms with Crippen LogP contribution in [0.4, 0.5) is 18.9 Å². The third-order valence-corrected chi connectivity index (χ3v) is 5.72. The number of hydrogen-bond acceptors (Lipinski definition) is 3. The lowest BCUT2D eigenvalue weighted by molar-refractivity contribution is -0.138. The number of nitrogens with one attached hydrogen (secondary N) is 1. The number of halogens is 3. The van der Waals surface area contributed by atoms with Crippen molar-refractivity contribution in [2.24, 2.45) is 0 Å². The van der Waals surface area contributed by atoms with Crippen molar-refractivity contribution in [1.29, 1.82) is 0 Å². The van der Waals surface area contributed by atoms with Crippen LogP contribution in [0.25, 0.3) is 0 Å². The van der Waals surface area contributed by atoms with Gasteiger partial charge in [0.05, 0.1) is 17.2 Å². The van der Waals surface area contributed by atoms with E-state index in [1.807, 2.05) is 36.9 Å². The fraction of sp³-hybridized carbons (Fsp3) is 0.391. The van der Waals surface area contributed by atoms with Crippen molar-refractivity contribution in [2.75, 3.05) is 31.5 Å². The van der Waals surface area contributed by atoms with Gasteiger partial charge in [0.25, 0.3) is 5.91 Å². The van der Waals surface area contributed by atoms with Crippen molar-refractivity contribution in [3.63, 3.8) is 0 Å². The Morgan fingerprint density at radius 2 is 1.52 bits per heavy atom. The minimum Gasteiger partial charge on any atom is -0.336 e. The van der Waals surface area contributed by atoms with E-state index in [1.54, 1.807) is 6.92 Å². The van der Waals surface area contributed by atoms with Crippen LogP contribution >= 0.6 is 0 Å². The Hall–Kier alpha value is -2.87. The van der Waals surface area contributed by atoms with E-state index in [2.05, 4.69) is 5.32 Å². The second kappa shape index (κ2) is 9.09. The molecule has 2 amide bonds. The number of piperazine rings is 1. The number of amides is 2. The Balaban J connectivity index is 1.63. The zero-order valence-electron chi connectivity index (χ0n) is 17.8. The molecule has 1 aliphatic heterocycles. The maximum atomic E-state index is 13.2. The topological polar surface area (TPSA) is 52.7 Å². The summed E-state index contributed by atoms with van der Waals surface area (Å²) in [7, 11) is 0. The summed E-state index contributed by atoms with van der Waals surface area (Å²) in [6.07, 6.45) is -4.59. The molecule has 3 rings (SSSR count). The molecule has 166 valence electrons. The van der Waals surface area contributed by atoms with Crippen molar-refractivity contribution < 1.29 is 22.8 Å². The van der Waals surface area contributed by atoms with E-state index < -0.39 is 23.7 Å².